The number of hydrogen-bond acceptors (Lipinski definition) is 5. The van der Waals surface area contributed by atoms with Crippen molar-refractivity contribution in [2.24, 2.45) is 0 Å². The van der Waals surface area contributed by atoms with E-state index in [2.05, 4.69) is 31.5 Å². The van der Waals surface area contributed by atoms with Gasteiger partial charge in [0.25, 0.3) is 5.91 Å². The molecule has 0 bridgehead atoms. The Morgan fingerprint density at radius 3 is 2.86 bits per heavy atom. The summed E-state index contributed by atoms with van der Waals surface area (Å²) in [6, 6.07) is 10.2. The lowest BCUT2D eigenvalue weighted by Gasteiger charge is -2.09. The minimum atomic E-state index is -1.08. The molecular weight excluding hydrogens is 358 g/mol. The van der Waals surface area contributed by atoms with Crippen molar-refractivity contribution in [3.63, 3.8) is 0 Å². The number of carbonyl (C=O) groups excluding carboxylic acids is 1. The second kappa shape index (κ2) is 6.74. The molecule has 0 fully saturated rings. The highest BCUT2D eigenvalue weighted by atomic mass is 16.4. The smallest absolute Gasteiger partial charge is 0.352 e. The number of H-pyrrole nitrogens is 1. The molecule has 1 aliphatic heterocycles. The lowest BCUT2D eigenvalue weighted by atomic mass is 10.1. The highest BCUT2D eigenvalue weighted by Gasteiger charge is 2.29. The summed E-state index contributed by atoms with van der Waals surface area (Å²) in [6.45, 7) is 0. The molecule has 8 heteroatoms. The lowest BCUT2D eigenvalue weighted by molar-refractivity contribution is -0.110. The fourth-order valence-electron chi connectivity index (χ4n) is 2.86. The molecule has 0 saturated heterocycles. The van der Waals surface area contributed by atoms with Crippen molar-refractivity contribution < 1.29 is 14.7 Å². The van der Waals surface area contributed by atoms with E-state index in [4.69, 9.17) is 11.5 Å². The Morgan fingerprint density at radius 1 is 1.25 bits per heavy atom. The van der Waals surface area contributed by atoms with Crippen LogP contribution in [0.5, 0.6) is 0 Å². The van der Waals surface area contributed by atoms with E-state index in [9.17, 15) is 9.59 Å². The first kappa shape index (κ1) is 17.1. The highest BCUT2D eigenvalue weighted by molar-refractivity contribution is 6.35. The van der Waals surface area contributed by atoms with Gasteiger partial charge in [0, 0.05) is 16.9 Å². The average Bonchev–Trinajstić information content (AvgIpc) is 3.28. The number of aromatic amines is 1. The molecular formula is C20H13N5O3. The first-order valence-electron chi connectivity index (χ1n) is 8.19. The first-order valence-corrected chi connectivity index (χ1v) is 8.19. The van der Waals surface area contributed by atoms with Crippen LogP contribution in [0, 0.1) is 12.3 Å². The summed E-state index contributed by atoms with van der Waals surface area (Å²) in [6.07, 6.45) is 8.33. The third kappa shape index (κ3) is 3.08. The maximum atomic E-state index is 12.4. The number of anilines is 3. The number of carboxylic acids is 1. The highest BCUT2D eigenvalue weighted by Crippen LogP contribution is 2.36. The molecule has 3 aromatic rings. The molecule has 0 saturated carbocycles. The minimum absolute atomic E-state index is 0.0271. The maximum Gasteiger partial charge on any atom is 0.352 e. The standard InChI is InChI=1S/C20H13N5O3/c1-2-11-4-3-5-12(8-11)24-17-16-14(19(26)25-18(16)22-10-21-17)9-13-6-7-15(23-13)20(27)28/h1,3-10,23H,(H,27,28)(H2,21,22,24,25,26). The monoisotopic (exact) mass is 371 g/mol. The summed E-state index contributed by atoms with van der Waals surface area (Å²) in [7, 11) is 0. The van der Waals surface area contributed by atoms with Crippen LogP contribution >= 0.6 is 0 Å². The first-order chi connectivity index (χ1) is 13.5. The number of fused-ring (bicyclic) bond motifs is 1. The predicted molar refractivity (Wildman–Crippen MR) is 104 cm³/mol. The predicted octanol–water partition coefficient (Wildman–Crippen LogP) is 2.72. The van der Waals surface area contributed by atoms with Crippen LogP contribution in [0.4, 0.5) is 17.3 Å². The normalized spacial score (nSPS) is 13.7. The van der Waals surface area contributed by atoms with Crippen molar-refractivity contribution in [3.05, 3.63) is 65.2 Å². The summed E-state index contributed by atoms with van der Waals surface area (Å²) < 4.78 is 0. The molecule has 1 amide bonds. The zero-order valence-corrected chi connectivity index (χ0v) is 14.4. The maximum absolute atomic E-state index is 12.4. The number of nitrogens with one attached hydrogen (secondary N) is 3. The number of aromatic nitrogens is 3. The number of nitrogens with zero attached hydrogens (tertiary/aromatic N) is 2. The third-order valence-corrected chi connectivity index (χ3v) is 4.12. The van der Waals surface area contributed by atoms with Crippen LogP contribution in [0.2, 0.25) is 0 Å². The van der Waals surface area contributed by atoms with Crippen molar-refractivity contribution in [1.29, 1.82) is 0 Å². The molecule has 4 rings (SSSR count). The van der Waals surface area contributed by atoms with Gasteiger partial charge < -0.3 is 20.7 Å². The Hall–Kier alpha value is -4.38. The zero-order chi connectivity index (χ0) is 19.7. The summed E-state index contributed by atoms with van der Waals surface area (Å²) in [5.74, 6) is 1.91. The van der Waals surface area contributed by atoms with Gasteiger partial charge in [-0.1, -0.05) is 12.0 Å². The second-order valence-electron chi connectivity index (χ2n) is 5.94. The average molecular weight is 371 g/mol. The summed E-state index contributed by atoms with van der Waals surface area (Å²) in [5.41, 5.74) is 2.71. The third-order valence-electron chi connectivity index (χ3n) is 4.12. The SMILES string of the molecule is C#Cc1cccc(Nc2ncnc3c2C(=Cc2ccc(C(=O)O)[nH]2)C(=O)N3)c1. The molecule has 0 unspecified atom stereocenters. The van der Waals surface area contributed by atoms with Crippen LogP contribution < -0.4 is 10.6 Å². The minimum Gasteiger partial charge on any atom is -0.477 e. The molecule has 1 aliphatic rings. The van der Waals surface area contributed by atoms with Gasteiger partial charge in [-0.05, 0) is 36.4 Å². The van der Waals surface area contributed by atoms with Crippen LogP contribution in [-0.4, -0.2) is 31.9 Å². The number of amides is 1. The molecule has 28 heavy (non-hydrogen) atoms. The van der Waals surface area contributed by atoms with Gasteiger partial charge in [-0.25, -0.2) is 14.8 Å². The fourth-order valence-corrected chi connectivity index (χ4v) is 2.86. The van der Waals surface area contributed by atoms with Crippen LogP contribution in [-0.2, 0) is 4.79 Å². The summed E-state index contributed by atoms with van der Waals surface area (Å²) in [4.78, 5) is 34.6. The van der Waals surface area contributed by atoms with Crippen molar-refractivity contribution in [3.8, 4) is 12.3 Å². The molecule has 1 aromatic carbocycles. The van der Waals surface area contributed by atoms with E-state index in [0.29, 0.717) is 39.7 Å². The van der Waals surface area contributed by atoms with Crippen molar-refractivity contribution >= 4 is 40.8 Å². The number of carboxylic acid groups (broad SMARTS) is 1. The molecule has 4 N–H and O–H groups in total. The Labute approximate surface area is 159 Å². The molecule has 8 nitrogen and oxygen atoms in total. The van der Waals surface area contributed by atoms with Crippen LogP contribution in [0.1, 0.15) is 27.3 Å². The van der Waals surface area contributed by atoms with E-state index in [1.165, 1.54) is 12.4 Å². The fraction of sp³-hybridized carbons (Fsp3) is 0. The van der Waals surface area contributed by atoms with Gasteiger partial charge >= 0.3 is 5.97 Å². The van der Waals surface area contributed by atoms with E-state index in [-0.39, 0.29) is 11.6 Å². The van der Waals surface area contributed by atoms with E-state index in [0.717, 1.165) is 0 Å². The van der Waals surface area contributed by atoms with Crippen molar-refractivity contribution in [1.82, 2.24) is 15.0 Å². The van der Waals surface area contributed by atoms with Crippen LogP contribution in [0.15, 0.2) is 42.7 Å². The van der Waals surface area contributed by atoms with Gasteiger partial charge in [0.05, 0.1) is 11.1 Å². The van der Waals surface area contributed by atoms with Crippen LogP contribution in [0.3, 0.4) is 0 Å². The molecule has 0 radical (unpaired) electrons. The number of hydrogen-bond donors (Lipinski definition) is 4. The molecule has 136 valence electrons. The topological polar surface area (TPSA) is 120 Å². The Kier molecular flexibility index (Phi) is 4.10. The molecule has 2 aromatic heterocycles. The Balaban J connectivity index is 1.76. The number of rotatable bonds is 4. The summed E-state index contributed by atoms with van der Waals surface area (Å²) in [5, 5.41) is 14.9. The Morgan fingerprint density at radius 2 is 2.11 bits per heavy atom. The van der Waals surface area contributed by atoms with E-state index in [1.807, 2.05) is 12.1 Å². The zero-order valence-electron chi connectivity index (χ0n) is 14.4. The van der Waals surface area contributed by atoms with Gasteiger partial charge in [0.15, 0.2) is 0 Å². The molecule has 0 spiro atoms. The van der Waals surface area contributed by atoms with E-state index in [1.54, 1.807) is 24.3 Å². The van der Waals surface area contributed by atoms with Gasteiger partial charge in [-0.3, -0.25) is 4.79 Å². The molecule has 0 aliphatic carbocycles. The second-order valence-corrected chi connectivity index (χ2v) is 5.94. The van der Waals surface area contributed by atoms with Crippen molar-refractivity contribution in [2.75, 3.05) is 10.6 Å². The van der Waals surface area contributed by atoms with Gasteiger partial charge in [-0.2, -0.15) is 0 Å². The molecule has 0 atom stereocenters. The van der Waals surface area contributed by atoms with Crippen LogP contribution in [0.25, 0.3) is 11.6 Å². The largest absolute Gasteiger partial charge is 0.477 e. The molecule has 3 heterocycles. The number of carbonyl (C=O) groups is 2. The number of aromatic carboxylic acids is 1. The van der Waals surface area contributed by atoms with Gasteiger partial charge in [0.1, 0.15) is 23.7 Å². The Bertz CT molecular complexity index is 1190. The van der Waals surface area contributed by atoms with E-state index < -0.39 is 5.97 Å². The summed E-state index contributed by atoms with van der Waals surface area (Å²) >= 11 is 0. The number of terminal acetylenes is 1. The van der Waals surface area contributed by atoms with E-state index >= 15 is 0 Å². The number of benzene rings is 1. The van der Waals surface area contributed by atoms with Gasteiger partial charge in [-0.15, -0.1) is 6.42 Å². The lowest BCUT2D eigenvalue weighted by Crippen LogP contribution is -2.04. The van der Waals surface area contributed by atoms with Crippen molar-refractivity contribution in [2.45, 2.75) is 0 Å². The quantitative estimate of drug-likeness (QED) is 0.413. The van der Waals surface area contributed by atoms with Gasteiger partial charge in [0.2, 0.25) is 0 Å².